The van der Waals surface area contributed by atoms with Gasteiger partial charge in [-0.3, -0.25) is 9.59 Å². The number of rotatable bonds is 3. The summed E-state index contributed by atoms with van der Waals surface area (Å²) in [6, 6.07) is 7.11. The highest BCUT2D eigenvalue weighted by atomic mass is 35.5. The van der Waals surface area contributed by atoms with Crippen molar-refractivity contribution >= 4 is 35.2 Å². The number of carbonyl (C=O) groups excluding carboxylic acids is 2. The third kappa shape index (κ3) is 2.97. The molecule has 1 saturated heterocycles. The highest BCUT2D eigenvalue weighted by Crippen LogP contribution is 2.45. The van der Waals surface area contributed by atoms with Gasteiger partial charge in [0.1, 0.15) is 6.04 Å². The van der Waals surface area contributed by atoms with Gasteiger partial charge in [0, 0.05) is 10.8 Å². The van der Waals surface area contributed by atoms with Gasteiger partial charge < -0.3 is 10.6 Å². The minimum Gasteiger partial charge on any atom is -0.345 e. The van der Waals surface area contributed by atoms with Crippen LogP contribution in [0.3, 0.4) is 0 Å². The largest absolute Gasteiger partial charge is 0.345 e. The van der Waals surface area contributed by atoms with Gasteiger partial charge in [0.15, 0.2) is 0 Å². The summed E-state index contributed by atoms with van der Waals surface area (Å²) in [5, 5.41) is 6.62. The van der Waals surface area contributed by atoms with Crippen LogP contribution in [-0.2, 0) is 15.1 Å². The molecule has 0 spiro atoms. The number of thioether (sulfide) groups is 1. The van der Waals surface area contributed by atoms with Crippen LogP contribution in [0.25, 0.3) is 0 Å². The summed E-state index contributed by atoms with van der Waals surface area (Å²) >= 11 is 7.43. The van der Waals surface area contributed by atoms with Crippen molar-refractivity contribution in [2.75, 3.05) is 5.75 Å². The summed E-state index contributed by atoms with van der Waals surface area (Å²) in [6.45, 7) is 3.74. The van der Waals surface area contributed by atoms with Crippen LogP contribution in [0.15, 0.2) is 24.3 Å². The fourth-order valence-corrected chi connectivity index (χ4v) is 3.71. The second kappa shape index (κ2) is 5.46. The minimum atomic E-state index is -0.468. The molecule has 1 atom stereocenters. The van der Waals surface area contributed by atoms with Crippen molar-refractivity contribution in [1.82, 2.24) is 10.6 Å². The Balaban J connectivity index is 1.67. The van der Waals surface area contributed by atoms with E-state index in [1.54, 1.807) is 0 Å². The first kappa shape index (κ1) is 15.7. The predicted octanol–water partition coefficient (Wildman–Crippen LogP) is 2.46. The molecule has 2 aliphatic rings. The van der Waals surface area contributed by atoms with E-state index in [0.29, 0.717) is 10.8 Å². The van der Waals surface area contributed by atoms with Crippen LogP contribution in [-0.4, -0.2) is 28.4 Å². The monoisotopic (exact) mass is 338 g/mol. The molecular formula is C16H19ClN2O2S. The van der Waals surface area contributed by atoms with E-state index in [2.05, 4.69) is 10.6 Å². The van der Waals surface area contributed by atoms with Gasteiger partial charge in [-0.05, 0) is 44.4 Å². The Morgan fingerprint density at radius 3 is 2.50 bits per heavy atom. The fraction of sp³-hybridized carbons (Fsp3) is 0.500. The molecule has 2 fully saturated rings. The lowest BCUT2D eigenvalue weighted by Gasteiger charge is -2.33. The zero-order valence-electron chi connectivity index (χ0n) is 12.6. The first-order valence-corrected chi connectivity index (χ1v) is 8.72. The zero-order chi connectivity index (χ0) is 16.0. The fourth-order valence-electron chi connectivity index (χ4n) is 2.57. The standard InChI is InChI=1S/C16H19ClN2O2S/c1-15(2)14(21)18-12(9-22-15)13(20)19-16(7-8-16)10-3-5-11(17)6-4-10/h3-6,12H,7-9H2,1-2H3,(H,18,21)(H,19,20). The first-order chi connectivity index (χ1) is 10.3. The number of hydrogen-bond donors (Lipinski definition) is 2. The molecule has 1 unspecified atom stereocenters. The van der Waals surface area contributed by atoms with Crippen LogP contribution in [0.2, 0.25) is 5.02 Å². The maximum Gasteiger partial charge on any atom is 0.244 e. The Bertz CT molecular complexity index is 611. The molecule has 6 heteroatoms. The lowest BCUT2D eigenvalue weighted by Crippen LogP contribution is -2.58. The van der Waals surface area contributed by atoms with Crippen molar-refractivity contribution in [2.24, 2.45) is 0 Å². The lowest BCUT2D eigenvalue weighted by atomic mass is 10.0. The van der Waals surface area contributed by atoms with E-state index in [0.717, 1.165) is 18.4 Å². The number of halogens is 1. The molecule has 0 bridgehead atoms. The van der Waals surface area contributed by atoms with Gasteiger partial charge in [-0.15, -0.1) is 11.8 Å². The molecule has 0 aromatic heterocycles. The van der Waals surface area contributed by atoms with Crippen molar-refractivity contribution in [3.63, 3.8) is 0 Å². The maximum absolute atomic E-state index is 12.5. The Morgan fingerprint density at radius 1 is 1.32 bits per heavy atom. The van der Waals surface area contributed by atoms with E-state index in [4.69, 9.17) is 11.6 Å². The van der Waals surface area contributed by atoms with E-state index in [1.807, 2.05) is 38.1 Å². The smallest absolute Gasteiger partial charge is 0.244 e. The van der Waals surface area contributed by atoms with Gasteiger partial charge in [0.25, 0.3) is 0 Å². The van der Waals surface area contributed by atoms with Gasteiger partial charge in [-0.1, -0.05) is 23.7 Å². The maximum atomic E-state index is 12.5. The van der Waals surface area contributed by atoms with E-state index in [9.17, 15) is 9.59 Å². The molecular weight excluding hydrogens is 320 g/mol. The van der Waals surface area contributed by atoms with E-state index in [1.165, 1.54) is 11.8 Å². The second-order valence-corrected chi connectivity index (χ2v) is 8.50. The van der Waals surface area contributed by atoms with Gasteiger partial charge in [-0.25, -0.2) is 0 Å². The summed E-state index contributed by atoms with van der Waals surface area (Å²) < 4.78 is -0.468. The number of benzene rings is 1. The Hall–Kier alpha value is -1.20. The van der Waals surface area contributed by atoms with E-state index >= 15 is 0 Å². The summed E-state index contributed by atoms with van der Waals surface area (Å²) in [7, 11) is 0. The van der Waals surface area contributed by atoms with Crippen LogP contribution in [0.1, 0.15) is 32.3 Å². The number of nitrogens with one attached hydrogen (secondary N) is 2. The molecule has 4 nitrogen and oxygen atoms in total. The molecule has 2 amide bonds. The molecule has 1 aromatic carbocycles. The number of carbonyl (C=O) groups is 2. The molecule has 1 saturated carbocycles. The highest BCUT2D eigenvalue weighted by molar-refractivity contribution is 8.01. The van der Waals surface area contributed by atoms with Crippen LogP contribution in [0.4, 0.5) is 0 Å². The molecule has 1 heterocycles. The van der Waals surface area contributed by atoms with Crippen LogP contribution in [0, 0.1) is 0 Å². The van der Waals surface area contributed by atoms with Crippen LogP contribution < -0.4 is 10.6 Å². The van der Waals surface area contributed by atoms with Crippen molar-refractivity contribution in [3.05, 3.63) is 34.9 Å². The van der Waals surface area contributed by atoms with Gasteiger partial charge in [0.2, 0.25) is 11.8 Å². The second-order valence-electron chi connectivity index (χ2n) is 6.43. The third-order valence-corrected chi connectivity index (χ3v) is 5.95. The normalized spacial score (nSPS) is 25.2. The topological polar surface area (TPSA) is 58.2 Å². The van der Waals surface area contributed by atoms with E-state index < -0.39 is 10.8 Å². The van der Waals surface area contributed by atoms with E-state index in [-0.39, 0.29) is 17.4 Å². The van der Waals surface area contributed by atoms with Gasteiger partial charge in [0.05, 0.1) is 10.3 Å². The number of hydrogen-bond acceptors (Lipinski definition) is 3. The molecule has 1 aromatic rings. The third-order valence-electron chi connectivity index (χ3n) is 4.29. The Morgan fingerprint density at radius 2 is 1.95 bits per heavy atom. The quantitative estimate of drug-likeness (QED) is 0.890. The van der Waals surface area contributed by atoms with Gasteiger partial charge >= 0.3 is 0 Å². The average molecular weight is 339 g/mol. The SMILES string of the molecule is CC1(C)SCC(C(=O)NC2(c3ccc(Cl)cc3)CC2)NC1=O. The van der Waals surface area contributed by atoms with Crippen molar-refractivity contribution in [3.8, 4) is 0 Å². The minimum absolute atomic E-state index is 0.0831. The first-order valence-electron chi connectivity index (χ1n) is 7.35. The molecule has 1 aliphatic carbocycles. The summed E-state index contributed by atoms with van der Waals surface area (Å²) in [5.74, 6) is 0.408. The summed E-state index contributed by atoms with van der Waals surface area (Å²) in [6.07, 6.45) is 1.83. The van der Waals surface area contributed by atoms with Gasteiger partial charge in [-0.2, -0.15) is 0 Å². The van der Waals surface area contributed by atoms with Crippen molar-refractivity contribution in [2.45, 2.75) is 43.0 Å². The molecule has 22 heavy (non-hydrogen) atoms. The lowest BCUT2D eigenvalue weighted by molar-refractivity contribution is -0.130. The highest BCUT2D eigenvalue weighted by Gasteiger charge is 2.47. The molecule has 0 radical (unpaired) electrons. The van der Waals surface area contributed by atoms with Crippen LogP contribution in [0.5, 0.6) is 0 Å². The molecule has 2 N–H and O–H groups in total. The average Bonchev–Trinajstić information content (AvgIpc) is 3.23. The molecule has 118 valence electrons. The van der Waals surface area contributed by atoms with Crippen LogP contribution >= 0.6 is 23.4 Å². The Labute approximate surface area is 139 Å². The predicted molar refractivity (Wildman–Crippen MR) is 89.0 cm³/mol. The summed E-state index contributed by atoms with van der Waals surface area (Å²) in [5.41, 5.74) is 0.782. The van der Waals surface area contributed by atoms with Crippen molar-refractivity contribution < 1.29 is 9.59 Å². The summed E-state index contributed by atoms with van der Waals surface area (Å²) in [4.78, 5) is 24.5. The number of amides is 2. The zero-order valence-corrected chi connectivity index (χ0v) is 14.2. The Kier molecular flexibility index (Phi) is 3.89. The molecule has 1 aliphatic heterocycles. The molecule has 3 rings (SSSR count). The van der Waals surface area contributed by atoms with Crippen molar-refractivity contribution in [1.29, 1.82) is 0 Å².